The van der Waals surface area contributed by atoms with E-state index in [1.54, 1.807) is 30.3 Å². The molecule has 0 aliphatic rings. The van der Waals surface area contributed by atoms with Gasteiger partial charge >= 0.3 is 0 Å². The van der Waals surface area contributed by atoms with Gasteiger partial charge in [-0.3, -0.25) is 4.68 Å². The maximum absolute atomic E-state index is 6.20. The lowest BCUT2D eigenvalue weighted by molar-refractivity contribution is 0.182. The molecule has 0 aromatic carbocycles. The summed E-state index contributed by atoms with van der Waals surface area (Å²) in [5.41, 5.74) is 7.78. The first-order valence-electron chi connectivity index (χ1n) is 5.33. The second-order valence-electron chi connectivity index (χ2n) is 3.72. The number of aromatic nitrogens is 2. The first kappa shape index (κ1) is 13.6. The first-order valence-corrected chi connectivity index (χ1v) is 6.51. The van der Waals surface area contributed by atoms with E-state index in [0.717, 1.165) is 11.3 Å². The van der Waals surface area contributed by atoms with E-state index in [-0.39, 0.29) is 0 Å². The maximum atomic E-state index is 6.20. The Kier molecular flexibility index (Phi) is 4.45. The first-order chi connectivity index (χ1) is 8.65. The molecule has 0 radical (unpaired) electrons. The van der Waals surface area contributed by atoms with Crippen LogP contribution in [0.3, 0.4) is 0 Å². The molecule has 2 aromatic rings. The molecule has 1 atom stereocenters. The molecule has 98 valence electrons. The van der Waals surface area contributed by atoms with Gasteiger partial charge in [0, 0.05) is 12.7 Å². The molecule has 0 spiro atoms. The SMILES string of the molecule is COCCn1ncc(Cl)c1C(N)c1ccoc1Br. The Morgan fingerprint density at radius 3 is 3.06 bits per heavy atom. The van der Waals surface area contributed by atoms with Crippen molar-refractivity contribution in [3.63, 3.8) is 0 Å². The number of furan rings is 1. The van der Waals surface area contributed by atoms with Crippen LogP contribution in [0.15, 0.2) is 27.6 Å². The van der Waals surface area contributed by atoms with Gasteiger partial charge < -0.3 is 14.9 Å². The van der Waals surface area contributed by atoms with Gasteiger partial charge in [-0.15, -0.1) is 0 Å². The molecule has 0 saturated heterocycles. The molecule has 0 amide bonds. The summed E-state index contributed by atoms with van der Waals surface area (Å²) in [6, 6.07) is 1.41. The van der Waals surface area contributed by atoms with Crippen molar-refractivity contribution in [2.24, 2.45) is 5.73 Å². The van der Waals surface area contributed by atoms with Crippen LogP contribution in [0.4, 0.5) is 0 Å². The molecule has 2 aromatic heterocycles. The van der Waals surface area contributed by atoms with Crippen LogP contribution in [0.1, 0.15) is 17.3 Å². The third kappa shape index (κ3) is 2.61. The van der Waals surface area contributed by atoms with Crippen molar-refractivity contribution in [1.82, 2.24) is 9.78 Å². The second-order valence-corrected chi connectivity index (χ2v) is 4.85. The predicted molar refractivity (Wildman–Crippen MR) is 71.6 cm³/mol. The van der Waals surface area contributed by atoms with Gasteiger partial charge in [0.15, 0.2) is 4.67 Å². The van der Waals surface area contributed by atoms with E-state index in [9.17, 15) is 0 Å². The molecule has 0 aliphatic carbocycles. The van der Waals surface area contributed by atoms with Crippen molar-refractivity contribution < 1.29 is 9.15 Å². The zero-order valence-electron chi connectivity index (χ0n) is 9.77. The lowest BCUT2D eigenvalue weighted by Crippen LogP contribution is -2.19. The molecular weight excluding hydrogens is 321 g/mol. The van der Waals surface area contributed by atoms with Gasteiger partial charge in [0.25, 0.3) is 0 Å². The molecule has 7 heteroatoms. The van der Waals surface area contributed by atoms with E-state index in [0.29, 0.717) is 22.8 Å². The Hall–Kier alpha value is -0.820. The summed E-state index contributed by atoms with van der Waals surface area (Å²) in [5.74, 6) is 0. The average Bonchev–Trinajstić information content (AvgIpc) is 2.92. The summed E-state index contributed by atoms with van der Waals surface area (Å²) in [4.78, 5) is 0. The highest BCUT2D eigenvalue weighted by atomic mass is 79.9. The Labute approximate surface area is 118 Å². The van der Waals surface area contributed by atoms with Crippen molar-refractivity contribution in [2.75, 3.05) is 13.7 Å². The van der Waals surface area contributed by atoms with Crippen LogP contribution < -0.4 is 5.73 Å². The molecule has 0 bridgehead atoms. The maximum Gasteiger partial charge on any atom is 0.174 e. The van der Waals surface area contributed by atoms with Crippen LogP contribution in [0, 0.1) is 0 Å². The number of hydrogen-bond acceptors (Lipinski definition) is 4. The molecule has 2 heterocycles. The molecule has 0 fully saturated rings. The fraction of sp³-hybridized carbons (Fsp3) is 0.364. The van der Waals surface area contributed by atoms with E-state index in [2.05, 4.69) is 21.0 Å². The van der Waals surface area contributed by atoms with E-state index >= 15 is 0 Å². The van der Waals surface area contributed by atoms with E-state index < -0.39 is 6.04 Å². The van der Waals surface area contributed by atoms with Crippen molar-refractivity contribution in [3.8, 4) is 0 Å². The van der Waals surface area contributed by atoms with E-state index in [1.807, 2.05) is 0 Å². The minimum absolute atomic E-state index is 0.398. The molecule has 18 heavy (non-hydrogen) atoms. The molecule has 0 aliphatic heterocycles. The molecule has 5 nitrogen and oxygen atoms in total. The van der Waals surface area contributed by atoms with Crippen molar-refractivity contribution >= 4 is 27.5 Å². The smallest absolute Gasteiger partial charge is 0.174 e. The molecule has 2 N–H and O–H groups in total. The van der Waals surface area contributed by atoms with Gasteiger partial charge in [-0.25, -0.2) is 0 Å². The minimum Gasteiger partial charge on any atom is -0.457 e. The van der Waals surface area contributed by atoms with Crippen LogP contribution in [0.5, 0.6) is 0 Å². The Morgan fingerprint density at radius 2 is 2.44 bits per heavy atom. The van der Waals surface area contributed by atoms with E-state index in [1.165, 1.54) is 0 Å². The monoisotopic (exact) mass is 333 g/mol. The number of nitrogens with two attached hydrogens (primary N) is 1. The molecule has 1 unspecified atom stereocenters. The fourth-order valence-electron chi connectivity index (χ4n) is 1.71. The highest BCUT2D eigenvalue weighted by molar-refractivity contribution is 9.10. The highest BCUT2D eigenvalue weighted by Gasteiger charge is 2.21. The average molecular weight is 335 g/mol. The van der Waals surface area contributed by atoms with Gasteiger partial charge in [0.2, 0.25) is 0 Å². The normalized spacial score (nSPS) is 12.9. The molecular formula is C11H13BrClN3O2. The van der Waals surface area contributed by atoms with Crippen LogP contribution in [0.2, 0.25) is 5.02 Å². The molecule has 0 saturated carbocycles. The van der Waals surface area contributed by atoms with Gasteiger partial charge in [0.05, 0.1) is 42.4 Å². The largest absolute Gasteiger partial charge is 0.457 e. The number of ether oxygens (including phenoxy) is 1. The van der Waals surface area contributed by atoms with Crippen LogP contribution >= 0.6 is 27.5 Å². The lowest BCUT2D eigenvalue weighted by Gasteiger charge is -2.14. The summed E-state index contributed by atoms with van der Waals surface area (Å²) >= 11 is 9.45. The Bertz CT molecular complexity index is 526. The van der Waals surface area contributed by atoms with Crippen LogP contribution in [-0.4, -0.2) is 23.5 Å². The Balaban J connectivity index is 2.32. The number of rotatable bonds is 5. The van der Waals surface area contributed by atoms with E-state index in [4.69, 9.17) is 26.5 Å². The van der Waals surface area contributed by atoms with Gasteiger partial charge in [-0.05, 0) is 22.0 Å². The van der Waals surface area contributed by atoms with Gasteiger partial charge in [-0.2, -0.15) is 5.10 Å². The number of methoxy groups -OCH3 is 1. The zero-order valence-corrected chi connectivity index (χ0v) is 12.1. The summed E-state index contributed by atoms with van der Waals surface area (Å²) in [6.45, 7) is 1.14. The topological polar surface area (TPSA) is 66.2 Å². The fourth-order valence-corrected chi connectivity index (χ4v) is 2.46. The summed E-state index contributed by atoms with van der Waals surface area (Å²) in [6.07, 6.45) is 3.16. The number of hydrogen-bond donors (Lipinski definition) is 1. The van der Waals surface area contributed by atoms with Crippen LogP contribution in [-0.2, 0) is 11.3 Å². The quantitative estimate of drug-likeness (QED) is 0.912. The third-order valence-corrected chi connectivity index (χ3v) is 3.55. The van der Waals surface area contributed by atoms with Crippen molar-refractivity contribution in [1.29, 1.82) is 0 Å². The standard InChI is InChI=1S/C11H13BrClN3O2/c1-17-5-3-16-10(8(13)6-15-16)9(14)7-2-4-18-11(7)12/h2,4,6,9H,3,5,14H2,1H3. The summed E-state index contributed by atoms with van der Waals surface area (Å²) < 4.78 is 12.6. The zero-order chi connectivity index (χ0) is 13.1. The predicted octanol–water partition coefficient (Wildman–Crippen LogP) is 2.59. The van der Waals surface area contributed by atoms with Gasteiger partial charge in [0.1, 0.15) is 0 Å². The Morgan fingerprint density at radius 1 is 1.67 bits per heavy atom. The lowest BCUT2D eigenvalue weighted by atomic mass is 10.1. The van der Waals surface area contributed by atoms with Crippen molar-refractivity contribution in [3.05, 3.63) is 39.5 Å². The molecule has 2 rings (SSSR count). The minimum atomic E-state index is -0.398. The van der Waals surface area contributed by atoms with Gasteiger partial charge in [-0.1, -0.05) is 11.6 Å². The van der Waals surface area contributed by atoms with Crippen molar-refractivity contribution in [2.45, 2.75) is 12.6 Å². The second kappa shape index (κ2) is 5.88. The van der Waals surface area contributed by atoms with Crippen LogP contribution in [0.25, 0.3) is 0 Å². The number of halogens is 2. The number of nitrogens with zero attached hydrogens (tertiary/aromatic N) is 2. The highest BCUT2D eigenvalue weighted by Crippen LogP contribution is 2.31. The third-order valence-electron chi connectivity index (χ3n) is 2.62. The summed E-state index contributed by atoms with van der Waals surface area (Å²) in [5, 5.41) is 4.73. The summed E-state index contributed by atoms with van der Waals surface area (Å²) in [7, 11) is 1.64.